The van der Waals surface area contributed by atoms with Gasteiger partial charge in [0.05, 0.1) is 12.2 Å². The summed E-state index contributed by atoms with van der Waals surface area (Å²) in [5, 5.41) is 7.30. The number of rotatable bonds is 3. The van der Waals surface area contributed by atoms with Gasteiger partial charge in [-0.2, -0.15) is 0 Å². The molecule has 0 saturated carbocycles. The van der Waals surface area contributed by atoms with E-state index in [4.69, 9.17) is 4.52 Å². The van der Waals surface area contributed by atoms with E-state index in [9.17, 15) is 0 Å². The number of nitrogens with zero attached hydrogens (tertiary/aromatic N) is 4. The Morgan fingerprint density at radius 1 is 1.36 bits per heavy atom. The fraction of sp³-hybridized carbons (Fsp3) is 0.750. The third-order valence-corrected chi connectivity index (χ3v) is 4.68. The molecule has 0 spiro atoms. The first-order valence-corrected chi connectivity index (χ1v) is 8.38. The molecule has 2 saturated heterocycles. The number of aromatic nitrogens is 1. The molecule has 1 aromatic heterocycles. The molecule has 3 rings (SSSR count). The molecule has 6 nitrogen and oxygen atoms in total. The number of piperidine rings is 1. The van der Waals surface area contributed by atoms with Gasteiger partial charge in [0.1, 0.15) is 0 Å². The van der Waals surface area contributed by atoms with Gasteiger partial charge in [-0.05, 0) is 39.3 Å². The lowest BCUT2D eigenvalue weighted by Gasteiger charge is -2.32. The maximum Gasteiger partial charge on any atom is 0.194 e. The zero-order valence-electron chi connectivity index (χ0n) is 13.7. The fourth-order valence-corrected chi connectivity index (χ4v) is 3.51. The van der Waals surface area contributed by atoms with Gasteiger partial charge in [0.2, 0.25) is 0 Å². The molecule has 1 unspecified atom stereocenters. The van der Waals surface area contributed by atoms with E-state index in [-0.39, 0.29) is 0 Å². The topological polar surface area (TPSA) is 56.9 Å². The Balaban J connectivity index is 1.51. The lowest BCUT2D eigenvalue weighted by atomic mass is 10.1. The smallest absolute Gasteiger partial charge is 0.194 e. The van der Waals surface area contributed by atoms with Crippen LogP contribution < -0.4 is 5.32 Å². The third kappa shape index (κ3) is 3.61. The highest BCUT2D eigenvalue weighted by Crippen LogP contribution is 2.20. The van der Waals surface area contributed by atoms with Gasteiger partial charge in [-0.1, -0.05) is 11.6 Å². The molecule has 122 valence electrons. The lowest BCUT2D eigenvalue weighted by Crippen LogP contribution is -2.44. The van der Waals surface area contributed by atoms with Crippen molar-refractivity contribution < 1.29 is 4.52 Å². The van der Waals surface area contributed by atoms with Crippen molar-refractivity contribution in [1.29, 1.82) is 0 Å². The highest BCUT2D eigenvalue weighted by molar-refractivity contribution is 5.80. The van der Waals surface area contributed by atoms with Crippen molar-refractivity contribution in [3.63, 3.8) is 0 Å². The summed E-state index contributed by atoms with van der Waals surface area (Å²) >= 11 is 0. The van der Waals surface area contributed by atoms with E-state index in [1.807, 2.05) is 20.0 Å². The van der Waals surface area contributed by atoms with E-state index in [1.165, 1.54) is 38.8 Å². The number of likely N-dealkylation sites (tertiary alicyclic amines) is 2. The average Bonchev–Trinajstić information content (AvgIpc) is 3.18. The van der Waals surface area contributed by atoms with Gasteiger partial charge >= 0.3 is 0 Å². The Bertz CT molecular complexity index is 506. The first kappa shape index (κ1) is 15.3. The highest BCUT2D eigenvalue weighted by Gasteiger charge is 2.29. The van der Waals surface area contributed by atoms with Crippen LogP contribution in [0.15, 0.2) is 15.6 Å². The van der Waals surface area contributed by atoms with E-state index in [0.717, 1.165) is 30.5 Å². The Morgan fingerprint density at radius 3 is 2.86 bits per heavy atom. The largest absolute Gasteiger partial charge is 0.359 e. The standard InChI is InChI=1S/C16H27N5O/c1-13-10-15(22-19-13)11-18-16(17-2)21-9-6-14(12-21)20-7-4-3-5-8-20/h10,14H,3-9,11-12H2,1-2H3,(H,17,18). The molecule has 22 heavy (non-hydrogen) atoms. The van der Waals surface area contributed by atoms with E-state index in [1.54, 1.807) is 0 Å². The maximum absolute atomic E-state index is 5.24. The first-order chi connectivity index (χ1) is 10.8. The highest BCUT2D eigenvalue weighted by atomic mass is 16.5. The van der Waals surface area contributed by atoms with Crippen LogP contribution >= 0.6 is 0 Å². The summed E-state index contributed by atoms with van der Waals surface area (Å²) in [5.74, 6) is 1.82. The molecule has 1 atom stereocenters. The summed E-state index contributed by atoms with van der Waals surface area (Å²) in [4.78, 5) is 9.45. The van der Waals surface area contributed by atoms with E-state index in [2.05, 4.69) is 25.3 Å². The average molecular weight is 305 g/mol. The third-order valence-electron chi connectivity index (χ3n) is 4.68. The summed E-state index contributed by atoms with van der Waals surface area (Å²) in [5.41, 5.74) is 0.915. The Labute approximate surface area is 132 Å². The van der Waals surface area contributed by atoms with Crippen molar-refractivity contribution >= 4 is 5.96 Å². The predicted molar refractivity (Wildman–Crippen MR) is 86.8 cm³/mol. The summed E-state index contributed by atoms with van der Waals surface area (Å²) in [6, 6.07) is 2.65. The Kier molecular flexibility index (Phi) is 4.97. The summed E-state index contributed by atoms with van der Waals surface area (Å²) in [6.45, 7) is 7.26. The van der Waals surface area contributed by atoms with Crippen molar-refractivity contribution in [3.05, 3.63) is 17.5 Å². The molecule has 3 heterocycles. The van der Waals surface area contributed by atoms with Crippen LogP contribution in [0, 0.1) is 6.92 Å². The minimum atomic E-state index is 0.637. The molecular formula is C16H27N5O. The molecule has 2 fully saturated rings. The van der Waals surface area contributed by atoms with E-state index >= 15 is 0 Å². The van der Waals surface area contributed by atoms with Crippen LogP contribution in [-0.2, 0) is 6.54 Å². The van der Waals surface area contributed by atoms with Gasteiger partial charge in [-0.3, -0.25) is 9.89 Å². The van der Waals surface area contributed by atoms with Gasteiger partial charge in [0, 0.05) is 32.2 Å². The van der Waals surface area contributed by atoms with Gasteiger partial charge in [-0.25, -0.2) is 0 Å². The minimum Gasteiger partial charge on any atom is -0.359 e. The molecule has 1 aromatic rings. The Morgan fingerprint density at radius 2 is 2.18 bits per heavy atom. The molecule has 2 aliphatic heterocycles. The van der Waals surface area contributed by atoms with Crippen molar-refractivity contribution in [2.45, 2.75) is 45.2 Å². The van der Waals surface area contributed by atoms with Gasteiger partial charge < -0.3 is 14.7 Å². The van der Waals surface area contributed by atoms with Crippen molar-refractivity contribution in [2.75, 3.05) is 33.2 Å². The molecular weight excluding hydrogens is 278 g/mol. The SMILES string of the molecule is CN=C(NCc1cc(C)no1)N1CCC(N2CCCCC2)C1. The number of guanidine groups is 1. The quantitative estimate of drug-likeness (QED) is 0.679. The van der Waals surface area contributed by atoms with Crippen LogP contribution in [-0.4, -0.2) is 60.2 Å². The van der Waals surface area contributed by atoms with E-state index in [0.29, 0.717) is 12.6 Å². The number of nitrogens with one attached hydrogen (secondary N) is 1. The lowest BCUT2D eigenvalue weighted by molar-refractivity contribution is 0.168. The molecule has 0 amide bonds. The van der Waals surface area contributed by atoms with Crippen LogP contribution in [0.25, 0.3) is 0 Å². The van der Waals surface area contributed by atoms with Crippen LogP contribution in [0.3, 0.4) is 0 Å². The molecule has 2 aliphatic rings. The van der Waals surface area contributed by atoms with Crippen LogP contribution in [0.2, 0.25) is 0 Å². The van der Waals surface area contributed by atoms with Crippen LogP contribution in [0.1, 0.15) is 37.1 Å². The normalized spacial score (nSPS) is 24.0. The molecule has 0 aromatic carbocycles. The first-order valence-electron chi connectivity index (χ1n) is 8.38. The molecule has 1 N–H and O–H groups in total. The number of hydrogen-bond acceptors (Lipinski definition) is 4. The van der Waals surface area contributed by atoms with Crippen LogP contribution in [0.4, 0.5) is 0 Å². The minimum absolute atomic E-state index is 0.637. The molecule has 0 aliphatic carbocycles. The zero-order chi connectivity index (χ0) is 15.4. The van der Waals surface area contributed by atoms with Crippen molar-refractivity contribution in [1.82, 2.24) is 20.3 Å². The second-order valence-corrected chi connectivity index (χ2v) is 6.32. The predicted octanol–water partition coefficient (Wildman–Crippen LogP) is 1.62. The fourth-order valence-electron chi connectivity index (χ4n) is 3.51. The summed E-state index contributed by atoms with van der Waals surface area (Å²) < 4.78 is 5.24. The van der Waals surface area contributed by atoms with Crippen LogP contribution in [0.5, 0.6) is 0 Å². The summed E-state index contributed by atoms with van der Waals surface area (Å²) in [6.07, 6.45) is 5.34. The van der Waals surface area contributed by atoms with Gasteiger partial charge in [-0.15, -0.1) is 0 Å². The second-order valence-electron chi connectivity index (χ2n) is 6.32. The molecule has 0 bridgehead atoms. The number of hydrogen-bond donors (Lipinski definition) is 1. The van der Waals surface area contributed by atoms with E-state index < -0.39 is 0 Å². The number of aliphatic imine (C=N–C) groups is 1. The zero-order valence-corrected chi connectivity index (χ0v) is 13.7. The number of aryl methyl sites for hydroxylation is 1. The maximum atomic E-state index is 5.24. The monoisotopic (exact) mass is 305 g/mol. The van der Waals surface area contributed by atoms with Crippen molar-refractivity contribution in [3.8, 4) is 0 Å². The Hall–Kier alpha value is -1.56. The molecule has 0 radical (unpaired) electrons. The molecule has 6 heteroatoms. The second kappa shape index (κ2) is 7.13. The summed E-state index contributed by atoms with van der Waals surface area (Å²) in [7, 11) is 1.85. The van der Waals surface area contributed by atoms with Crippen molar-refractivity contribution in [2.24, 2.45) is 4.99 Å². The van der Waals surface area contributed by atoms with Gasteiger partial charge in [0.25, 0.3) is 0 Å². The van der Waals surface area contributed by atoms with Gasteiger partial charge in [0.15, 0.2) is 11.7 Å².